The molecule has 0 unspecified atom stereocenters. The van der Waals surface area contributed by atoms with Gasteiger partial charge in [0.15, 0.2) is 6.20 Å². The lowest BCUT2D eigenvalue weighted by Crippen LogP contribution is -2.33. The van der Waals surface area contributed by atoms with Gasteiger partial charge in [-0.1, -0.05) is 18.2 Å². The number of pyridine rings is 1. The predicted molar refractivity (Wildman–Crippen MR) is 70.0 cm³/mol. The van der Waals surface area contributed by atoms with Crippen LogP contribution >= 0.6 is 0 Å². The predicted octanol–water partition coefficient (Wildman–Crippen LogP) is 2.63. The molecule has 0 saturated heterocycles. The number of benzene rings is 1. The summed E-state index contributed by atoms with van der Waals surface area (Å²) >= 11 is 0. The lowest BCUT2D eigenvalue weighted by molar-refractivity contribution is -0.601. The third-order valence-corrected chi connectivity index (χ3v) is 2.87. The minimum atomic E-state index is 0.529. The van der Waals surface area contributed by atoms with E-state index in [0.717, 1.165) is 17.0 Å². The molecule has 0 N–H and O–H groups in total. The van der Waals surface area contributed by atoms with Gasteiger partial charge >= 0.3 is 6.01 Å². The van der Waals surface area contributed by atoms with Gasteiger partial charge < -0.3 is 9.15 Å². The number of para-hydroxylation sites is 1. The summed E-state index contributed by atoms with van der Waals surface area (Å²) in [5, 5.41) is 0. The molecule has 0 aliphatic rings. The Balaban J connectivity index is 2.21. The second kappa shape index (κ2) is 4.94. The van der Waals surface area contributed by atoms with Crippen molar-refractivity contribution >= 4 is 0 Å². The molecule has 4 heteroatoms. The van der Waals surface area contributed by atoms with Gasteiger partial charge in [-0.3, -0.25) is 0 Å². The fourth-order valence-electron chi connectivity index (χ4n) is 2.02. The highest BCUT2D eigenvalue weighted by atomic mass is 16.5. The van der Waals surface area contributed by atoms with Gasteiger partial charge in [0.05, 0.1) is 12.7 Å². The van der Waals surface area contributed by atoms with Gasteiger partial charge in [0.25, 0.3) is 0 Å². The second-order valence-corrected chi connectivity index (χ2v) is 3.97. The molecule has 0 aliphatic carbocycles. The summed E-state index contributed by atoms with van der Waals surface area (Å²) < 4.78 is 12.7. The number of oxazole rings is 1. The zero-order valence-corrected chi connectivity index (χ0v) is 10.5. The molecule has 2 aromatic heterocycles. The van der Waals surface area contributed by atoms with E-state index in [0.29, 0.717) is 6.01 Å². The van der Waals surface area contributed by atoms with Gasteiger partial charge in [-0.25, -0.2) is 0 Å². The van der Waals surface area contributed by atoms with Crippen molar-refractivity contribution in [3.63, 3.8) is 0 Å². The maximum Gasteiger partial charge on any atom is 0.508 e. The number of hydrogen-bond donors (Lipinski definition) is 0. The smallest absolute Gasteiger partial charge is 0.496 e. The summed E-state index contributed by atoms with van der Waals surface area (Å²) in [5.74, 6) is 0.814. The highest BCUT2D eigenvalue weighted by Crippen LogP contribution is 2.27. The molecule has 0 saturated carbocycles. The highest BCUT2D eigenvalue weighted by molar-refractivity contribution is 5.64. The first-order chi connectivity index (χ1) is 9.40. The molecule has 1 aromatic carbocycles. The molecule has 3 rings (SSSR count). The number of hydrogen-bond acceptors (Lipinski definition) is 3. The fourth-order valence-corrected chi connectivity index (χ4v) is 2.02. The van der Waals surface area contributed by atoms with Gasteiger partial charge in [0.2, 0.25) is 0 Å². The van der Waals surface area contributed by atoms with E-state index in [2.05, 4.69) is 4.98 Å². The molecule has 0 amide bonds. The van der Waals surface area contributed by atoms with E-state index in [1.54, 1.807) is 19.6 Å². The first-order valence-electron chi connectivity index (χ1n) is 5.94. The summed E-state index contributed by atoms with van der Waals surface area (Å²) in [6.45, 7) is 0. The van der Waals surface area contributed by atoms with E-state index >= 15 is 0 Å². The second-order valence-electron chi connectivity index (χ2n) is 3.97. The SMILES string of the molecule is COc1ccccc1-c1cccc[n+]1-c1ncco1. The Kier molecular flexibility index (Phi) is 2.98. The van der Waals surface area contributed by atoms with Gasteiger partial charge in [-0.2, -0.15) is 4.57 Å². The van der Waals surface area contributed by atoms with Crippen molar-refractivity contribution in [2.24, 2.45) is 0 Å². The van der Waals surface area contributed by atoms with E-state index in [9.17, 15) is 0 Å². The van der Waals surface area contributed by atoms with Crippen LogP contribution < -0.4 is 9.30 Å². The van der Waals surface area contributed by atoms with Crippen molar-refractivity contribution in [3.05, 3.63) is 61.1 Å². The standard InChI is InChI=1S/C15H13N2O2/c1-18-14-8-3-2-6-12(14)13-7-4-5-10-17(13)15-16-9-11-19-15/h2-11H,1H3/q+1. The van der Waals surface area contributed by atoms with Crippen LogP contribution in [0.1, 0.15) is 0 Å². The van der Waals surface area contributed by atoms with Crippen molar-refractivity contribution in [1.82, 2.24) is 4.98 Å². The summed E-state index contributed by atoms with van der Waals surface area (Å²) in [6, 6.07) is 14.3. The van der Waals surface area contributed by atoms with Crippen molar-refractivity contribution in [3.8, 4) is 23.0 Å². The summed E-state index contributed by atoms with van der Waals surface area (Å²) in [5.41, 5.74) is 1.95. The average molecular weight is 253 g/mol. The molecule has 0 radical (unpaired) electrons. The van der Waals surface area contributed by atoms with E-state index in [1.165, 1.54) is 0 Å². The highest BCUT2D eigenvalue weighted by Gasteiger charge is 2.19. The lowest BCUT2D eigenvalue weighted by Gasteiger charge is -2.08. The van der Waals surface area contributed by atoms with Crippen LogP contribution in [0.2, 0.25) is 0 Å². The summed E-state index contributed by atoms with van der Waals surface area (Å²) in [7, 11) is 1.66. The molecule has 94 valence electrons. The first kappa shape index (κ1) is 11.5. The third kappa shape index (κ3) is 2.08. The van der Waals surface area contributed by atoms with Gasteiger partial charge in [-0.05, 0) is 29.2 Å². The van der Waals surface area contributed by atoms with Crippen LogP contribution in [0.25, 0.3) is 17.3 Å². The molecule has 2 heterocycles. The maximum atomic E-state index is 5.41. The number of aromatic nitrogens is 2. The van der Waals surface area contributed by atoms with Crippen LogP contribution in [0, 0.1) is 0 Å². The van der Waals surface area contributed by atoms with E-state index in [1.807, 2.05) is 53.2 Å². The number of nitrogens with zero attached hydrogens (tertiary/aromatic N) is 2. The minimum Gasteiger partial charge on any atom is -0.496 e. The molecule has 0 aliphatic heterocycles. The van der Waals surface area contributed by atoms with Crippen molar-refractivity contribution in [1.29, 1.82) is 0 Å². The zero-order chi connectivity index (χ0) is 13.1. The molecular weight excluding hydrogens is 240 g/mol. The van der Waals surface area contributed by atoms with Crippen LogP contribution in [-0.4, -0.2) is 12.1 Å². The maximum absolute atomic E-state index is 5.41. The minimum absolute atomic E-state index is 0.529. The zero-order valence-electron chi connectivity index (χ0n) is 10.5. The quantitative estimate of drug-likeness (QED) is 0.673. The Bertz CT molecular complexity index is 678. The Hall–Kier alpha value is -2.62. The Morgan fingerprint density at radius 3 is 2.74 bits per heavy atom. The lowest BCUT2D eigenvalue weighted by atomic mass is 10.1. The van der Waals surface area contributed by atoms with Crippen LogP contribution in [0.4, 0.5) is 0 Å². The van der Waals surface area contributed by atoms with E-state index in [4.69, 9.17) is 9.15 Å². The van der Waals surface area contributed by atoms with E-state index in [-0.39, 0.29) is 0 Å². The molecular formula is C15H13N2O2+. The summed E-state index contributed by atoms with van der Waals surface area (Å²) in [6.07, 6.45) is 5.09. The third-order valence-electron chi connectivity index (χ3n) is 2.87. The molecule has 19 heavy (non-hydrogen) atoms. The van der Waals surface area contributed by atoms with Crippen LogP contribution in [0.15, 0.2) is 65.5 Å². The monoisotopic (exact) mass is 253 g/mol. The van der Waals surface area contributed by atoms with Gasteiger partial charge in [0, 0.05) is 0 Å². The van der Waals surface area contributed by atoms with Crippen molar-refractivity contribution in [2.45, 2.75) is 0 Å². The largest absolute Gasteiger partial charge is 0.508 e. The van der Waals surface area contributed by atoms with Crippen molar-refractivity contribution < 1.29 is 13.7 Å². The molecule has 0 atom stereocenters. The van der Waals surface area contributed by atoms with Crippen molar-refractivity contribution in [2.75, 3.05) is 7.11 Å². The normalized spacial score (nSPS) is 10.4. The topological polar surface area (TPSA) is 39.1 Å². The summed E-state index contributed by atoms with van der Waals surface area (Å²) in [4.78, 5) is 4.18. The van der Waals surface area contributed by atoms with Gasteiger partial charge in [0.1, 0.15) is 23.9 Å². The Morgan fingerprint density at radius 2 is 1.95 bits per heavy atom. The number of ether oxygens (including phenoxy) is 1. The molecule has 0 fully saturated rings. The molecule has 0 bridgehead atoms. The van der Waals surface area contributed by atoms with E-state index < -0.39 is 0 Å². The van der Waals surface area contributed by atoms with Crippen LogP contribution in [0.3, 0.4) is 0 Å². The Morgan fingerprint density at radius 1 is 1.11 bits per heavy atom. The molecule has 4 nitrogen and oxygen atoms in total. The first-order valence-corrected chi connectivity index (χ1v) is 5.94. The average Bonchev–Trinajstić information content (AvgIpc) is 3.01. The van der Waals surface area contributed by atoms with Gasteiger partial charge in [-0.15, -0.1) is 0 Å². The molecule has 0 spiro atoms. The van der Waals surface area contributed by atoms with Crippen LogP contribution in [-0.2, 0) is 0 Å². The van der Waals surface area contributed by atoms with Crippen LogP contribution in [0.5, 0.6) is 5.75 Å². The number of rotatable bonds is 3. The number of methoxy groups -OCH3 is 1. The Labute approximate surface area is 110 Å². The molecule has 3 aromatic rings. The fraction of sp³-hybridized carbons (Fsp3) is 0.0667.